The highest BCUT2D eigenvalue weighted by Gasteiger charge is 2.28. The second kappa shape index (κ2) is 7.63. The first-order valence-corrected chi connectivity index (χ1v) is 6.13. The number of morpholine rings is 1. The van der Waals surface area contributed by atoms with E-state index < -0.39 is 0 Å². The van der Waals surface area contributed by atoms with E-state index in [4.69, 9.17) is 4.74 Å². The normalized spacial score (nSPS) is 25.9. The van der Waals surface area contributed by atoms with Crippen molar-refractivity contribution in [2.75, 3.05) is 20.2 Å². The van der Waals surface area contributed by atoms with E-state index in [2.05, 4.69) is 17.1 Å². The monoisotopic (exact) mass is 230 g/mol. The maximum atomic E-state index is 11.6. The van der Waals surface area contributed by atoms with E-state index in [1.54, 1.807) is 0 Å². The molecule has 0 aromatic carbocycles. The highest BCUT2D eigenvalue weighted by atomic mass is 16.5. The van der Waals surface area contributed by atoms with Crippen molar-refractivity contribution in [2.24, 2.45) is 0 Å². The Kier molecular flexibility index (Phi) is 7.34. The van der Waals surface area contributed by atoms with Crippen molar-refractivity contribution >= 4 is 5.91 Å². The lowest BCUT2D eigenvalue weighted by Gasteiger charge is -2.34. The third-order valence-electron chi connectivity index (χ3n) is 2.47. The molecule has 1 rings (SSSR count). The van der Waals surface area contributed by atoms with Crippen molar-refractivity contribution in [3.8, 4) is 0 Å². The second-order valence-electron chi connectivity index (χ2n) is 4.27. The number of nitrogens with one attached hydrogen (secondary N) is 1. The molecule has 1 aliphatic heterocycles. The molecule has 1 saturated heterocycles. The first-order chi connectivity index (χ1) is 7.50. The third kappa shape index (κ3) is 4.94. The average molecular weight is 230 g/mol. The van der Waals surface area contributed by atoms with E-state index in [-0.39, 0.29) is 18.1 Å². The summed E-state index contributed by atoms with van der Waals surface area (Å²) in [5.74, 6) is -0.00116. The van der Waals surface area contributed by atoms with Crippen LogP contribution in [0.4, 0.5) is 0 Å². The summed E-state index contributed by atoms with van der Waals surface area (Å²) in [4.78, 5) is 13.7. The lowest BCUT2D eigenvalue weighted by Crippen LogP contribution is -2.52. The molecule has 0 aliphatic carbocycles. The number of hydrogen-bond acceptors (Lipinski definition) is 3. The molecule has 0 bridgehead atoms. The number of likely N-dealkylation sites (N-methyl/N-ethyl adjacent to an activating group) is 1. The minimum Gasteiger partial charge on any atom is -0.365 e. The lowest BCUT2D eigenvalue weighted by atomic mass is 10.2. The highest BCUT2D eigenvalue weighted by Crippen LogP contribution is 2.09. The molecule has 4 nitrogen and oxygen atoms in total. The van der Waals surface area contributed by atoms with E-state index in [1.165, 1.54) is 0 Å². The van der Waals surface area contributed by atoms with Crippen molar-refractivity contribution < 1.29 is 9.53 Å². The van der Waals surface area contributed by atoms with Gasteiger partial charge in [0.1, 0.15) is 6.10 Å². The van der Waals surface area contributed by atoms with E-state index in [0.29, 0.717) is 19.2 Å². The molecular weight excluding hydrogens is 204 g/mol. The third-order valence-corrected chi connectivity index (χ3v) is 2.47. The van der Waals surface area contributed by atoms with Gasteiger partial charge in [0.15, 0.2) is 0 Å². The van der Waals surface area contributed by atoms with Gasteiger partial charge in [-0.25, -0.2) is 0 Å². The SMILES string of the molecule is CC.CC(C)NC(=O)C1CN(C)C(C)CO1. The fourth-order valence-electron chi connectivity index (χ4n) is 1.41. The molecule has 1 aliphatic rings. The van der Waals surface area contributed by atoms with Crippen molar-refractivity contribution in [1.82, 2.24) is 10.2 Å². The number of hydrogen-bond donors (Lipinski definition) is 1. The zero-order chi connectivity index (χ0) is 12.7. The minimum absolute atomic E-state index is 0.00116. The van der Waals surface area contributed by atoms with E-state index in [1.807, 2.05) is 34.7 Å². The molecule has 16 heavy (non-hydrogen) atoms. The molecular formula is C12H26N2O2. The van der Waals surface area contributed by atoms with E-state index in [9.17, 15) is 4.79 Å². The molecule has 0 spiro atoms. The first-order valence-electron chi connectivity index (χ1n) is 6.13. The zero-order valence-electron chi connectivity index (χ0n) is 11.4. The van der Waals surface area contributed by atoms with Gasteiger partial charge < -0.3 is 10.1 Å². The molecule has 0 aromatic heterocycles. The van der Waals surface area contributed by atoms with Crippen molar-refractivity contribution in [2.45, 2.75) is 52.8 Å². The van der Waals surface area contributed by atoms with Crippen LogP contribution in [0.2, 0.25) is 0 Å². The number of nitrogens with zero attached hydrogens (tertiary/aromatic N) is 1. The predicted molar refractivity (Wildman–Crippen MR) is 66.5 cm³/mol. The van der Waals surface area contributed by atoms with Crippen LogP contribution >= 0.6 is 0 Å². The van der Waals surface area contributed by atoms with Crippen molar-refractivity contribution in [3.63, 3.8) is 0 Å². The number of rotatable bonds is 2. The van der Waals surface area contributed by atoms with Crippen LogP contribution in [0.1, 0.15) is 34.6 Å². The number of carbonyl (C=O) groups excluding carboxylic acids is 1. The molecule has 2 atom stereocenters. The summed E-state index contributed by atoms with van der Waals surface area (Å²) >= 11 is 0. The molecule has 1 heterocycles. The smallest absolute Gasteiger partial charge is 0.250 e. The molecule has 4 heteroatoms. The summed E-state index contributed by atoms with van der Waals surface area (Å²) in [7, 11) is 2.02. The number of amides is 1. The Morgan fingerprint density at radius 1 is 1.44 bits per heavy atom. The van der Waals surface area contributed by atoms with Crippen LogP contribution < -0.4 is 5.32 Å². The Morgan fingerprint density at radius 2 is 2.00 bits per heavy atom. The topological polar surface area (TPSA) is 41.6 Å². The fraction of sp³-hybridized carbons (Fsp3) is 0.917. The van der Waals surface area contributed by atoms with Gasteiger partial charge >= 0.3 is 0 Å². The molecule has 0 aromatic rings. The van der Waals surface area contributed by atoms with Crippen LogP contribution in [0.25, 0.3) is 0 Å². The highest BCUT2D eigenvalue weighted by molar-refractivity contribution is 5.81. The lowest BCUT2D eigenvalue weighted by molar-refractivity contribution is -0.141. The average Bonchev–Trinajstić information content (AvgIpc) is 2.24. The van der Waals surface area contributed by atoms with Crippen LogP contribution in [0.3, 0.4) is 0 Å². The summed E-state index contributed by atoms with van der Waals surface area (Å²) < 4.78 is 5.47. The van der Waals surface area contributed by atoms with Crippen LogP contribution in [0.15, 0.2) is 0 Å². The molecule has 1 N–H and O–H groups in total. The maximum absolute atomic E-state index is 11.6. The van der Waals surface area contributed by atoms with Gasteiger partial charge in [-0.15, -0.1) is 0 Å². The second-order valence-corrected chi connectivity index (χ2v) is 4.27. The van der Waals surface area contributed by atoms with Gasteiger partial charge in [-0.05, 0) is 27.8 Å². The number of ether oxygens (including phenoxy) is 1. The molecule has 1 fully saturated rings. The van der Waals surface area contributed by atoms with Crippen molar-refractivity contribution in [3.05, 3.63) is 0 Å². The summed E-state index contributed by atoms with van der Waals surface area (Å²) in [6, 6.07) is 0.578. The zero-order valence-corrected chi connectivity index (χ0v) is 11.4. The van der Waals surface area contributed by atoms with Gasteiger partial charge in [0.2, 0.25) is 0 Å². The van der Waals surface area contributed by atoms with E-state index >= 15 is 0 Å². The van der Waals surface area contributed by atoms with Gasteiger partial charge in [0.05, 0.1) is 6.61 Å². The van der Waals surface area contributed by atoms with Crippen LogP contribution in [0.5, 0.6) is 0 Å². The van der Waals surface area contributed by atoms with Gasteiger partial charge in [0, 0.05) is 18.6 Å². The first kappa shape index (κ1) is 15.4. The van der Waals surface area contributed by atoms with Crippen LogP contribution in [-0.4, -0.2) is 49.2 Å². The van der Waals surface area contributed by atoms with Crippen LogP contribution in [0, 0.1) is 0 Å². The fourth-order valence-corrected chi connectivity index (χ4v) is 1.41. The minimum atomic E-state index is -0.307. The molecule has 0 saturated carbocycles. The van der Waals surface area contributed by atoms with Gasteiger partial charge in [-0.1, -0.05) is 13.8 Å². The summed E-state index contributed by atoms with van der Waals surface area (Å²) in [5, 5.41) is 2.86. The number of carbonyl (C=O) groups is 1. The summed E-state index contributed by atoms with van der Waals surface area (Å²) in [6.07, 6.45) is -0.307. The van der Waals surface area contributed by atoms with Crippen LogP contribution in [-0.2, 0) is 9.53 Å². The summed E-state index contributed by atoms with van der Waals surface area (Å²) in [5.41, 5.74) is 0. The van der Waals surface area contributed by atoms with Gasteiger partial charge in [0.25, 0.3) is 5.91 Å². The standard InChI is InChI=1S/C10H20N2O2.C2H6/c1-7(2)11-10(13)9-5-12(4)8(3)6-14-9;1-2/h7-9H,5-6H2,1-4H3,(H,11,13);1-2H3. The van der Waals surface area contributed by atoms with Crippen molar-refractivity contribution in [1.29, 1.82) is 0 Å². The molecule has 96 valence electrons. The quantitative estimate of drug-likeness (QED) is 0.776. The Balaban J connectivity index is 0.00000106. The van der Waals surface area contributed by atoms with Gasteiger partial charge in [-0.3, -0.25) is 9.69 Å². The Bertz CT molecular complexity index is 207. The predicted octanol–water partition coefficient (Wildman–Crippen LogP) is 1.26. The molecule has 0 radical (unpaired) electrons. The molecule has 2 unspecified atom stereocenters. The Hall–Kier alpha value is -0.610. The molecule has 1 amide bonds. The maximum Gasteiger partial charge on any atom is 0.250 e. The Morgan fingerprint density at radius 3 is 2.44 bits per heavy atom. The van der Waals surface area contributed by atoms with Gasteiger partial charge in [-0.2, -0.15) is 0 Å². The largest absolute Gasteiger partial charge is 0.365 e. The van der Waals surface area contributed by atoms with E-state index in [0.717, 1.165) is 0 Å². The Labute approximate surface area is 99.3 Å². The summed E-state index contributed by atoms with van der Waals surface area (Å²) in [6.45, 7) is 11.3.